The minimum absolute atomic E-state index is 0.316. The first-order chi connectivity index (χ1) is 8.01. The predicted octanol–water partition coefficient (Wildman–Crippen LogP) is 2.96. The second kappa shape index (κ2) is 6.55. The van der Waals surface area contributed by atoms with Gasteiger partial charge in [0.25, 0.3) is 0 Å². The van der Waals surface area contributed by atoms with Gasteiger partial charge in [0.1, 0.15) is 0 Å². The molecule has 2 heteroatoms. The summed E-state index contributed by atoms with van der Waals surface area (Å²) in [5, 5.41) is 7.05. The standard InChI is InChI=1S/C15H30N2/c1-6-13(9-10-16-5)14-8-7-12(2)15(3,4)11-17-14/h7,13-14,16-17H,6,8-11H2,1-5H3. The van der Waals surface area contributed by atoms with E-state index in [1.54, 1.807) is 0 Å². The minimum Gasteiger partial charge on any atom is -0.320 e. The van der Waals surface area contributed by atoms with Crippen LogP contribution in [-0.4, -0.2) is 26.2 Å². The van der Waals surface area contributed by atoms with Gasteiger partial charge in [0, 0.05) is 12.6 Å². The lowest BCUT2D eigenvalue weighted by molar-refractivity contribution is 0.300. The Kier molecular flexibility index (Phi) is 5.68. The van der Waals surface area contributed by atoms with Crippen LogP contribution < -0.4 is 10.6 Å². The second-order valence-corrected chi connectivity index (χ2v) is 6.05. The molecule has 1 heterocycles. The average molecular weight is 238 g/mol. The van der Waals surface area contributed by atoms with Crippen molar-refractivity contribution >= 4 is 0 Å². The van der Waals surface area contributed by atoms with E-state index < -0.39 is 0 Å². The maximum atomic E-state index is 3.78. The van der Waals surface area contributed by atoms with Gasteiger partial charge >= 0.3 is 0 Å². The third-order valence-electron chi connectivity index (χ3n) is 4.41. The zero-order valence-corrected chi connectivity index (χ0v) is 12.3. The molecule has 100 valence electrons. The molecule has 0 aromatic carbocycles. The monoisotopic (exact) mass is 238 g/mol. The molecule has 2 unspecified atom stereocenters. The van der Waals surface area contributed by atoms with E-state index in [1.807, 2.05) is 7.05 Å². The van der Waals surface area contributed by atoms with E-state index in [2.05, 4.69) is 44.4 Å². The van der Waals surface area contributed by atoms with Crippen LogP contribution in [0.25, 0.3) is 0 Å². The Morgan fingerprint density at radius 1 is 1.53 bits per heavy atom. The Labute approximate surface area is 107 Å². The van der Waals surface area contributed by atoms with Gasteiger partial charge in [-0.15, -0.1) is 0 Å². The molecule has 0 aromatic rings. The Bertz CT molecular complexity index is 256. The summed E-state index contributed by atoms with van der Waals surface area (Å²) in [5.74, 6) is 0.792. The lowest BCUT2D eigenvalue weighted by atomic mass is 9.85. The largest absolute Gasteiger partial charge is 0.320 e. The van der Waals surface area contributed by atoms with Gasteiger partial charge in [-0.25, -0.2) is 0 Å². The highest BCUT2D eigenvalue weighted by atomic mass is 14.9. The fraction of sp³-hybridized carbons (Fsp3) is 0.867. The van der Waals surface area contributed by atoms with Crippen molar-refractivity contribution in [2.75, 3.05) is 20.1 Å². The first-order valence-electron chi connectivity index (χ1n) is 7.06. The molecular formula is C15H30N2. The fourth-order valence-corrected chi connectivity index (χ4v) is 2.57. The van der Waals surface area contributed by atoms with Crippen LogP contribution in [0.1, 0.15) is 47.0 Å². The predicted molar refractivity (Wildman–Crippen MR) is 76.3 cm³/mol. The van der Waals surface area contributed by atoms with Gasteiger partial charge < -0.3 is 10.6 Å². The van der Waals surface area contributed by atoms with Gasteiger partial charge in [0.15, 0.2) is 0 Å². The molecule has 0 fully saturated rings. The van der Waals surface area contributed by atoms with Crippen molar-refractivity contribution < 1.29 is 0 Å². The molecule has 0 saturated heterocycles. The van der Waals surface area contributed by atoms with Crippen molar-refractivity contribution in [2.45, 2.75) is 53.0 Å². The molecule has 1 rings (SSSR count). The molecule has 2 N–H and O–H groups in total. The topological polar surface area (TPSA) is 24.1 Å². The maximum Gasteiger partial charge on any atom is 0.0131 e. The zero-order valence-electron chi connectivity index (χ0n) is 12.3. The van der Waals surface area contributed by atoms with Crippen LogP contribution in [0.2, 0.25) is 0 Å². The quantitative estimate of drug-likeness (QED) is 0.720. The van der Waals surface area contributed by atoms with E-state index in [0.717, 1.165) is 19.0 Å². The van der Waals surface area contributed by atoms with Crippen molar-refractivity contribution in [3.8, 4) is 0 Å². The normalized spacial score (nSPS) is 26.2. The number of rotatable bonds is 5. The Morgan fingerprint density at radius 3 is 2.82 bits per heavy atom. The highest BCUT2D eigenvalue weighted by molar-refractivity contribution is 5.13. The van der Waals surface area contributed by atoms with Gasteiger partial charge in [0.05, 0.1) is 0 Å². The molecule has 0 amide bonds. The zero-order chi connectivity index (χ0) is 12.9. The molecule has 2 nitrogen and oxygen atoms in total. The van der Waals surface area contributed by atoms with Crippen LogP contribution in [0.15, 0.2) is 11.6 Å². The minimum atomic E-state index is 0.316. The molecule has 0 bridgehead atoms. The summed E-state index contributed by atoms with van der Waals surface area (Å²) in [5.41, 5.74) is 1.85. The van der Waals surface area contributed by atoms with E-state index in [0.29, 0.717) is 11.5 Å². The van der Waals surface area contributed by atoms with E-state index in [1.165, 1.54) is 24.8 Å². The van der Waals surface area contributed by atoms with Crippen LogP contribution in [0, 0.1) is 11.3 Å². The molecular weight excluding hydrogens is 208 g/mol. The lowest BCUT2D eigenvalue weighted by Crippen LogP contribution is -2.40. The molecule has 2 atom stereocenters. The first-order valence-corrected chi connectivity index (χ1v) is 7.06. The summed E-state index contributed by atoms with van der Waals surface area (Å²) in [4.78, 5) is 0. The molecule has 0 aromatic heterocycles. The smallest absolute Gasteiger partial charge is 0.0131 e. The summed E-state index contributed by atoms with van der Waals surface area (Å²) in [7, 11) is 2.04. The van der Waals surface area contributed by atoms with E-state index in [-0.39, 0.29) is 0 Å². The number of nitrogens with one attached hydrogen (secondary N) is 2. The fourth-order valence-electron chi connectivity index (χ4n) is 2.57. The number of hydrogen-bond donors (Lipinski definition) is 2. The summed E-state index contributed by atoms with van der Waals surface area (Å²) in [6, 6.07) is 0.657. The third-order valence-corrected chi connectivity index (χ3v) is 4.41. The maximum absolute atomic E-state index is 3.78. The first kappa shape index (κ1) is 14.7. The van der Waals surface area contributed by atoms with Crippen molar-refractivity contribution in [1.82, 2.24) is 10.6 Å². The van der Waals surface area contributed by atoms with Gasteiger partial charge in [-0.3, -0.25) is 0 Å². The Hall–Kier alpha value is -0.340. The van der Waals surface area contributed by atoms with Crippen LogP contribution in [-0.2, 0) is 0 Å². The Morgan fingerprint density at radius 2 is 2.24 bits per heavy atom. The van der Waals surface area contributed by atoms with E-state index in [9.17, 15) is 0 Å². The average Bonchev–Trinajstić information content (AvgIpc) is 2.43. The summed E-state index contributed by atoms with van der Waals surface area (Å²) in [6.07, 6.45) is 6.19. The van der Waals surface area contributed by atoms with Gasteiger partial charge in [0.2, 0.25) is 0 Å². The van der Waals surface area contributed by atoms with Crippen molar-refractivity contribution in [2.24, 2.45) is 11.3 Å². The summed E-state index contributed by atoms with van der Waals surface area (Å²) < 4.78 is 0. The lowest BCUT2D eigenvalue weighted by Gasteiger charge is -2.29. The molecule has 1 aliphatic rings. The molecule has 1 aliphatic heterocycles. The summed E-state index contributed by atoms with van der Waals surface area (Å²) in [6.45, 7) is 11.5. The molecule has 0 aliphatic carbocycles. The van der Waals surface area contributed by atoms with E-state index >= 15 is 0 Å². The second-order valence-electron chi connectivity index (χ2n) is 6.05. The van der Waals surface area contributed by atoms with Crippen LogP contribution in [0.5, 0.6) is 0 Å². The Balaban J connectivity index is 2.61. The highest BCUT2D eigenvalue weighted by Gasteiger charge is 2.27. The number of hydrogen-bond acceptors (Lipinski definition) is 2. The van der Waals surface area contributed by atoms with Crippen LogP contribution >= 0.6 is 0 Å². The van der Waals surface area contributed by atoms with Gasteiger partial charge in [-0.2, -0.15) is 0 Å². The van der Waals surface area contributed by atoms with Crippen LogP contribution in [0.3, 0.4) is 0 Å². The van der Waals surface area contributed by atoms with E-state index in [4.69, 9.17) is 0 Å². The van der Waals surface area contributed by atoms with Crippen molar-refractivity contribution in [3.05, 3.63) is 11.6 Å². The summed E-state index contributed by atoms with van der Waals surface area (Å²) >= 11 is 0. The molecule has 0 spiro atoms. The molecule has 17 heavy (non-hydrogen) atoms. The van der Waals surface area contributed by atoms with Crippen LogP contribution in [0.4, 0.5) is 0 Å². The van der Waals surface area contributed by atoms with Crippen molar-refractivity contribution in [1.29, 1.82) is 0 Å². The molecule has 0 saturated carbocycles. The third kappa shape index (κ3) is 4.11. The van der Waals surface area contributed by atoms with Crippen molar-refractivity contribution in [3.63, 3.8) is 0 Å². The highest BCUT2D eigenvalue weighted by Crippen LogP contribution is 2.30. The van der Waals surface area contributed by atoms with Gasteiger partial charge in [-0.1, -0.05) is 38.8 Å². The SMILES string of the molecule is CCC(CCNC)C1CC=C(C)C(C)(C)CN1. The molecule has 0 radical (unpaired) electrons. The van der Waals surface area contributed by atoms with Gasteiger partial charge in [-0.05, 0) is 44.7 Å².